The number of rotatable bonds is 5. The molecule has 2 heterocycles. The summed E-state index contributed by atoms with van der Waals surface area (Å²) in [5.74, 6) is 1.11. The van der Waals surface area contributed by atoms with Gasteiger partial charge < -0.3 is 10.2 Å². The summed E-state index contributed by atoms with van der Waals surface area (Å²) in [7, 11) is 0. The van der Waals surface area contributed by atoms with Crippen molar-refractivity contribution in [3.05, 3.63) is 58.2 Å². The number of halogens is 2. The monoisotopic (exact) mass is 405 g/mol. The van der Waals surface area contributed by atoms with Crippen LogP contribution in [0.1, 0.15) is 32.3 Å². The van der Waals surface area contributed by atoms with Crippen LogP contribution in [0.5, 0.6) is 0 Å². The summed E-state index contributed by atoms with van der Waals surface area (Å²) < 4.78 is 0. The standard InChI is InChI=1S/C21H25Cl2N3O/c1-21(2,16-3-5-17(22)6-4-16)14-25-20(27)15-9-11-26(12-10-15)19-8-7-18(23)13-24-19/h3-8,13,15H,9-12,14H2,1-2H3,(H,25,27). The average Bonchev–Trinajstić information content (AvgIpc) is 2.67. The molecular formula is C21H25Cl2N3O. The maximum Gasteiger partial charge on any atom is 0.223 e. The number of aromatic nitrogens is 1. The Labute approximate surface area is 170 Å². The van der Waals surface area contributed by atoms with Crippen molar-refractivity contribution in [1.82, 2.24) is 10.3 Å². The molecule has 1 aromatic heterocycles. The molecule has 2 aromatic rings. The number of hydrogen-bond donors (Lipinski definition) is 1. The van der Waals surface area contributed by atoms with E-state index < -0.39 is 0 Å². The minimum Gasteiger partial charge on any atom is -0.357 e. The van der Waals surface area contributed by atoms with E-state index in [-0.39, 0.29) is 17.2 Å². The fourth-order valence-electron chi connectivity index (χ4n) is 3.38. The summed E-state index contributed by atoms with van der Waals surface area (Å²) in [6, 6.07) is 11.6. The van der Waals surface area contributed by atoms with Gasteiger partial charge in [0, 0.05) is 42.2 Å². The zero-order valence-electron chi connectivity index (χ0n) is 15.7. The van der Waals surface area contributed by atoms with Gasteiger partial charge in [-0.15, -0.1) is 0 Å². The second-order valence-electron chi connectivity index (χ2n) is 7.70. The third-order valence-electron chi connectivity index (χ3n) is 5.23. The molecule has 1 aliphatic rings. The molecule has 27 heavy (non-hydrogen) atoms. The molecule has 6 heteroatoms. The first-order chi connectivity index (χ1) is 12.8. The molecule has 1 saturated heterocycles. The third kappa shape index (κ3) is 5.14. The molecule has 0 aliphatic carbocycles. The van der Waals surface area contributed by atoms with Crippen LogP contribution in [0.2, 0.25) is 10.0 Å². The van der Waals surface area contributed by atoms with Gasteiger partial charge in [0.25, 0.3) is 0 Å². The minimum atomic E-state index is -0.145. The molecule has 1 N–H and O–H groups in total. The van der Waals surface area contributed by atoms with Gasteiger partial charge in [0.2, 0.25) is 5.91 Å². The van der Waals surface area contributed by atoms with E-state index in [1.54, 1.807) is 6.20 Å². The topological polar surface area (TPSA) is 45.2 Å². The van der Waals surface area contributed by atoms with Crippen molar-refractivity contribution in [2.75, 3.05) is 24.5 Å². The number of pyridine rings is 1. The second kappa shape index (κ2) is 8.49. The van der Waals surface area contributed by atoms with Crippen LogP contribution in [0.15, 0.2) is 42.6 Å². The highest BCUT2D eigenvalue weighted by atomic mass is 35.5. The average molecular weight is 406 g/mol. The van der Waals surface area contributed by atoms with Crippen molar-refractivity contribution < 1.29 is 4.79 Å². The minimum absolute atomic E-state index is 0.0505. The smallest absolute Gasteiger partial charge is 0.223 e. The lowest BCUT2D eigenvalue weighted by Gasteiger charge is -2.33. The van der Waals surface area contributed by atoms with Crippen molar-refractivity contribution in [3.63, 3.8) is 0 Å². The number of carbonyl (C=O) groups is 1. The van der Waals surface area contributed by atoms with Gasteiger partial charge in [-0.3, -0.25) is 4.79 Å². The Hall–Kier alpha value is -1.78. The van der Waals surface area contributed by atoms with E-state index in [0.717, 1.165) is 42.3 Å². The SMILES string of the molecule is CC(C)(CNC(=O)C1CCN(c2ccc(Cl)cn2)CC1)c1ccc(Cl)cc1. The van der Waals surface area contributed by atoms with Crippen molar-refractivity contribution in [1.29, 1.82) is 0 Å². The molecule has 0 atom stereocenters. The summed E-state index contributed by atoms with van der Waals surface area (Å²) >= 11 is 11.9. The third-order valence-corrected chi connectivity index (χ3v) is 5.71. The Balaban J connectivity index is 1.50. The van der Waals surface area contributed by atoms with E-state index in [0.29, 0.717) is 11.6 Å². The first-order valence-corrected chi connectivity index (χ1v) is 10.0. The quantitative estimate of drug-likeness (QED) is 0.783. The van der Waals surface area contributed by atoms with E-state index in [1.807, 2.05) is 36.4 Å². The lowest BCUT2D eigenvalue weighted by atomic mass is 9.84. The van der Waals surface area contributed by atoms with E-state index in [2.05, 4.69) is 29.0 Å². The number of anilines is 1. The Bertz CT molecular complexity index is 767. The van der Waals surface area contributed by atoms with Gasteiger partial charge in [0.05, 0.1) is 5.02 Å². The van der Waals surface area contributed by atoms with Crippen LogP contribution >= 0.6 is 23.2 Å². The highest BCUT2D eigenvalue weighted by Gasteiger charge is 2.28. The molecule has 144 valence electrons. The Morgan fingerprint density at radius 1 is 1.11 bits per heavy atom. The number of carbonyl (C=O) groups excluding carboxylic acids is 1. The summed E-state index contributed by atoms with van der Waals surface area (Å²) in [5.41, 5.74) is 1.02. The van der Waals surface area contributed by atoms with Gasteiger partial charge in [-0.05, 0) is 42.7 Å². The number of nitrogens with zero attached hydrogens (tertiary/aromatic N) is 2. The largest absolute Gasteiger partial charge is 0.357 e. The van der Waals surface area contributed by atoms with Crippen molar-refractivity contribution >= 4 is 34.9 Å². The molecule has 3 rings (SSSR count). The maximum atomic E-state index is 12.6. The van der Waals surface area contributed by atoms with Gasteiger partial charge in [0.1, 0.15) is 5.82 Å². The zero-order chi connectivity index (χ0) is 19.4. The maximum absolute atomic E-state index is 12.6. The van der Waals surface area contributed by atoms with Gasteiger partial charge in [-0.25, -0.2) is 4.98 Å². The molecule has 0 spiro atoms. The van der Waals surface area contributed by atoms with Gasteiger partial charge in [0.15, 0.2) is 0 Å². The predicted molar refractivity (Wildman–Crippen MR) is 112 cm³/mol. The molecule has 0 unspecified atom stereocenters. The Morgan fingerprint density at radius 3 is 2.33 bits per heavy atom. The Kier molecular flexibility index (Phi) is 6.28. The fraction of sp³-hybridized carbons (Fsp3) is 0.429. The lowest BCUT2D eigenvalue weighted by molar-refractivity contribution is -0.125. The van der Waals surface area contributed by atoms with Crippen LogP contribution in [0.4, 0.5) is 5.82 Å². The normalized spacial score (nSPS) is 15.6. The summed E-state index contributed by atoms with van der Waals surface area (Å²) in [6.45, 7) is 6.52. The lowest BCUT2D eigenvalue weighted by Crippen LogP contribution is -2.44. The molecule has 0 radical (unpaired) electrons. The predicted octanol–water partition coefficient (Wildman–Crippen LogP) is 4.70. The first-order valence-electron chi connectivity index (χ1n) is 9.25. The number of nitrogens with one attached hydrogen (secondary N) is 1. The highest BCUT2D eigenvalue weighted by Crippen LogP contribution is 2.26. The van der Waals surface area contributed by atoms with Crippen LogP contribution in [-0.2, 0) is 10.2 Å². The van der Waals surface area contributed by atoms with Crippen molar-refractivity contribution in [2.24, 2.45) is 5.92 Å². The summed E-state index contributed by atoms with van der Waals surface area (Å²) in [5, 5.41) is 4.50. The second-order valence-corrected chi connectivity index (χ2v) is 8.58. The summed E-state index contributed by atoms with van der Waals surface area (Å²) in [6.07, 6.45) is 3.32. The van der Waals surface area contributed by atoms with Gasteiger partial charge in [-0.2, -0.15) is 0 Å². The fourth-order valence-corrected chi connectivity index (χ4v) is 3.62. The first kappa shape index (κ1) is 20.0. The van der Waals surface area contributed by atoms with Crippen molar-refractivity contribution in [3.8, 4) is 0 Å². The van der Waals surface area contributed by atoms with Gasteiger partial charge >= 0.3 is 0 Å². The number of hydrogen-bond acceptors (Lipinski definition) is 3. The molecular weight excluding hydrogens is 381 g/mol. The summed E-state index contributed by atoms with van der Waals surface area (Å²) in [4.78, 5) is 19.2. The van der Waals surface area contributed by atoms with Crippen LogP contribution in [0.3, 0.4) is 0 Å². The molecule has 1 amide bonds. The van der Waals surface area contributed by atoms with E-state index in [9.17, 15) is 4.79 Å². The van der Waals surface area contributed by atoms with Crippen LogP contribution < -0.4 is 10.2 Å². The van der Waals surface area contributed by atoms with E-state index in [1.165, 1.54) is 0 Å². The number of amides is 1. The molecule has 1 aromatic carbocycles. The molecule has 4 nitrogen and oxygen atoms in total. The number of benzene rings is 1. The Morgan fingerprint density at radius 2 is 1.74 bits per heavy atom. The van der Waals surface area contributed by atoms with Gasteiger partial charge in [-0.1, -0.05) is 49.2 Å². The highest BCUT2D eigenvalue weighted by molar-refractivity contribution is 6.30. The van der Waals surface area contributed by atoms with E-state index in [4.69, 9.17) is 23.2 Å². The van der Waals surface area contributed by atoms with Crippen LogP contribution in [0.25, 0.3) is 0 Å². The van der Waals surface area contributed by atoms with Crippen LogP contribution in [0, 0.1) is 5.92 Å². The van der Waals surface area contributed by atoms with E-state index >= 15 is 0 Å². The zero-order valence-corrected chi connectivity index (χ0v) is 17.2. The molecule has 1 aliphatic heterocycles. The molecule has 0 bridgehead atoms. The molecule has 1 fully saturated rings. The van der Waals surface area contributed by atoms with Crippen molar-refractivity contribution in [2.45, 2.75) is 32.1 Å². The number of piperidine rings is 1. The molecule has 0 saturated carbocycles. The van der Waals surface area contributed by atoms with Crippen LogP contribution in [-0.4, -0.2) is 30.5 Å².